The second-order valence-electron chi connectivity index (χ2n) is 7.07. The van der Waals surface area contributed by atoms with Crippen LogP contribution in [0.2, 0.25) is 0 Å². The van der Waals surface area contributed by atoms with Crippen LogP contribution in [0.4, 0.5) is 0 Å². The van der Waals surface area contributed by atoms with Crippen LogP contribution >= 0.6 is 0 Å². The van der Waals surface area contributed by atoms with E-state index in [0.717, 1.165) is 11.3 Å². The Hall–Kier alpha value is -1.89. The summed E-state index contributed by atoms with van der Waals surface area (Å²) < 4.78 is 27.9. The lowest BCUT2D eigenvalue weighted by Gasteiger charge is -2.36. The molecule has 1 aromatic rings. The van der Waals surface area contributed by atoms with E-state index in [-0.39, 0.29) is 18.8 Å². The van der Waals surface area contributed by atoms with Gasteiger partial charge < -0.3 is 23.7 Å². The van der Waals surface area contributed by atoms with Gasteiger partial charge in [0.05, 0.1) is 19.8 Å². The standard InChI is InChI=1S/C20H28O6/c1-6-7-16-17(23-13-18(21)26-20(2,3)4)12-24-19(25-16)14-8-10-15(22-5)11-9-14/h6,8-11,16-17,19H,1,7,12-13H2,2-5H3/t16-,17+,19+/m0/s1. The quantitative estimate of drug-likeness (QED) is 0.546. The molecule has 0 N–H and O–H groups in total. The Morgan fingerprint density at radius 3 is 2.58 bits per heavy atom. The van der Waals surface area contributed by atoms with Crippen molar-refractivity contribution in [3.05, 3.63) is 42.5 Å². The van der Waals surface area contributed by atoms with Gasteiger partial charge in [-0.2, -0.15) is 0 Å². The molecule has 2 rings (SSSR count). The minimum Gasteiger partial charge on any atom is -0.497 e. The predicted molar refractivity (Wildman–Crippen MR) is 97.0 cm³/mol. The van der Waals surface area contributed by atoms with Crippen molar-refractivity contribution in [3.63, 3.8) is 0 Å². The normalized spacial score (nSPS) is 23.3. The van der Waals surface area contributed by atoms with Gasteiger partial charge in [-0.05, 0) is 39.3 Å². The van der Waals surface area contributed by atoms with Gasteiger partial charge in [0, 0.05) is 5.56 Å². The van der Waals surface area contributed by atoms with Gasteiger partial charge in [0.1, 0.15) is 24.1 Å². The van der Waals surface area contributed by atoms with E-state index in [0.29, 0.717) is 13.0 Å². The van der Waals surface area contributed by atoms with Crippen molar-refractivity contribution in [1.82, 2.24) is 0 Å². The molecule has 3 atom stereocenters. The van der Waals surface area contributed by atoms with Crippen molar-refractivity contribution in [1.29, 1.82) is 0 Å². The summed E-state index contributed by atoms with van der Waals surface area (Å²) in [6.07, 6.45) is 1.25. The van der Waals surface area contributed by atoms with Crippen LogP contribution in [-0.4, -0.2) is 44.1 Å². The molecule has 0 aromatic heterocycles. The Bertz CT molecular complexity index is 589. The molecule has 6 nitrogen and oxygen atoms in total. The number of esters is 1. The second kappa shape index (κ2) is 9.16. The largest absolute Gasteiger partial charge is 0.497 e. The molecular weight excluding hydrogens is 336 g/mol. The molecule has 0 saturated carbocycles. The van der Waals surface area contributed by atoms with E-state index < -0.39 is 17.9 Å². The summed E-state index contributed by atoms with van der Waals surface area (Å²) in [4.78, 5) is 11.9. The monoisotopic (exact) mass is 364 g/mol. The fourth-order valence-electron chi connectivity index (χ4n) is 2.58. The van der Waals surface area contributed by atoms with E-state index in [2.05, 4.69) is 6.58 Å². The van der Waals surface area contributed by atoms with Crippen LogP contribution in [0.5, 0.6) is 5.75 Å². The van der Waals surface area contributed by atoms with Gasteiger partial charge >= 0.3 is 5.97 Å². The van der Waals surface area contributed by atoms with Crippen LogP contribution in [0, 0.1) is 0 Å². The van der Waals surface area contributed by atoms with Crippen molar-refractivity contribution in [2.45, 2.75) is 51.3 Å². The minimum atomic E-state index is -0.542. The molecule has 0 aliphatic carbocycles. The number of carbonyl (C=O) groups excluding carboxylic acids is 1. The number of rotatable bonds is 7. The van der Waals surface area contributed by atoms with Crippen molar-refractivity contribution in [2.24, 2.45) is 0 Å². The molecule has 1 aliphatic heterocycles. The molecule has 0 amide bonds. The molecule has 0 unspecified atom stereocenters. The first-order valence-corrected chi connectivity index (χ1v) is 8.67. The van der Waals surface area contributed by atoms with E-state index in [1.807, 2.05) is 45.0 Å². The maximum atomic E-state index is 11.9. The molecule has 1 aromatic carbocycles. The molecule has 0 bridgehead atoms. The van der Waals surface area contributed by atoms with E-state index >= 15 is 0 Å². The fourth-order valence-corrected chi connectivity index (χ4v) is 2.58. The van der Waals surface area contributed by atoms with E-state index in [1.165, 1.54) is 0 Å². The van der Waals surface area contributed by atoms with Crippen LogP contribution in [0.3, 0.4) is 0 Å². The van der Waals surface area contributed by atoms with E-state index in [1.54, 1.807) is 13.2 Å². The number of methoxy groups -OCH3 is 1. The van der Waals surface area contributed by atoms with Gasteiger partial charge in [-0.25, -0.2) is 4.79 Å². The van der Waals surface area contributed by atoms with Crippen LogP contribution in [-0.2, 0) is 23.7 Å². The number of ether oxygens (including phenoxy) is 5. The Kier molecular flexibility index (Phi) is 7.20. The molecule has 0 radical (unpaired) electrons. The van der Waals surface area contributed by atoms with Crippen LogP contribution in [0.15, 0.2) is 36.9 Å². The zero-order valence-corrected chi connectivity index (χ0v) is 15.9. The zero-order valence-electron chi connectivity index (χ0n) is 15.9. The second-order valence-corrected chi connectivity index (χ2v) is 7.07. The van der Waals surface area contributed by atoms with Crippen LogP contribution in [0.1, 0.15) is 39.0 Å². The lowest BCUT2D eigenvalue weighted by atomic mass is 10.1. The first kappa shape index (κ1) is 20.4. The lowest BCUT2D eigenvalue weighted by molar-refractivity contribution is -0.265. The molecule has 26 heavy (non-hydrogen) atoms. The summed E-state index contributed by atoms with van der Waals surface area (Å²) >= 11 is 0. The summed E-state index contributed by atoms with van der Waals surface area (Å²) in [6, 6.07) is 7.51. The summed E-state index contributed by atoms with van der Waals surface area (Å²) in [7, 11) is 1.62. The average Bonchev–Trinajstić information content (AvgIpc) is 2.59. The predicted octanol–water partition coefficient (Wildman–Crippen LogP) is 3.41. The third-order valence-electron chi connectivity index (χ3n) is 3.75. The van der Waals surface area contributed by atoms with Crippen LogP contribution in [0.25, 0.3) is 0 Å². The van der Waals surface area contributed by atoms with Gasteiger partial charge in [-0.3, -0.25) is 0 Å². The molecule has 1 aliphatic rings. The number of hydrogen-bond acceptors (Lipinski definition) is 6. The molecule has 0 spiro atoms. The van der Waals surface area contributed by atoms with Gasteiger partial charge in [-0.1, -0.05) is 18.2 Å². The number of benzene rings is 1. The first-order valence-electron chi connectivity index (χ1n) is 8.67. The van der Waals surface area contributed by atoms with Crippen molar-refractivity contribution in [3.8, 4) is 5.75 Å². The Balaban J connectivity index is 1.94. The molecule has 1 fully saturated rings. The first-order chi connectivity index (χ1) is 12.3. The third-order valence-corrected chi connectivity index (χ3v) is 3.75. The Labute approximate surface area is 155 Å². The molecule has 144 valence electrons. The number of carbonyl (C=O) groups is 1. The third kappa shape index (κ3) is 6.12. The highest BCUT2D eigenvalue weighted by Gasteiger charge is 2.33. The zero-order chi connectivity index (χ0) is 19.2. The molecule has 1 heterocycles. The smallest absolute Gasteiger partial charge is 0.332 e. The summed E-state index contributed by atoms with van der Waals surface area (Å²) in [6.45, 7) is 9.39. The van der Waals surface area contributed by atoms with Gasteiger partial charge in [0.15, 0.2) is 6.29 Å². The van der Waals surface area contributed by atoms with Crippen molar-refractivity contribution in [2.75, 3.05) is 20.3 Å². The fraction of sp³-hybridized carbons (Fsp3) is 0.550. The van der Waals surface area contributed by atoms with Gasteiger partial charge in [0.2, 0.25) is 0 Å². The maximum absolute atomic E-state index is 11.9. The molecular formula is C20H28O6. The topological polar surface area (TPSA) is 63.2 Å². The average molecular weight is 364 g/mol. The lowest BCUT2D eigenvalue weighted by Crippen LogP contribution is -2.43. The molecule has 1 saturated heterocycles. The summed E-state index contributed by atoms with van der Waals surface area (Å²) in [5.74, 6) is 0.359. The maximum Gasteiger partial charge on any atom is 0.332 e. The van der Waals surface area contributed by atoms with Gasteiger partial charge in [0.25, 0.3) is 0 Å². The van der Waals surface area contributed by atoms with Gasteiger partial charge in [-0.15, -0.1) is 6.58 Å². The van der Waals surface area contributed by atoms with E-state index in [9.17, 15) is 4.79 Å². The Morgan fingerprint density at radius 2 is 2.00 bits per heavy atom. The SMILES string of the molecule is C=CC[C@@H]1O[C@H](c2ccc(OC)cc2)OC[C@H]1OCC(=O)OC(C)(C)C. The highest BCUT2D eigenvalue weighted by atomic mass is 16.7. The van der Waals surface area contributed by atoms with E-state index in [4.69, 9.17) is 23.7 Å². The summed E-state index contributed by atoms with van der Waals surface area (Å²) in [5, 5.41) is 0. The molecule has 6 heteroatoms. The highest BCUT2D eigenvalue weighted by Crippen LogP contribution is 2.30. The number of hydrogen-bond donors (Lipinski definition) is 0. The Morgan fingerprint density at radius 1 is 1.31 bits per heavy atom. The van der Waals surface area contributed by atoms with Crippen LogP contribution < -0.4 is 4.74 Å². The summed E-state index contributed by atoms with van der Waals surface area (Å²) in [5.41, 5.74) is 0.352. The van der Waals surface area contributed by atoms with Crippen molar-refractivity contribution < 1.29 is 28.5 Å². The van der Waals surface area contributed by atoms with Crippen molar-refractivity contribution >= 4 is 5.97 Å². The minimum absolute atomic E-state index is 0.143. The highest BCUT2D eigenvalue weighted by molar-refractivity contribution is 5.71.